The van der Waals surface area contributed by atoms with Crippen molar-refractivity contribution < 1.29 is 22.5 Å². The molecule has 0 spiro atoms. The molecule has 0 radical (unpaired) electrons. The molecule has 1 amide bonds. The first kappa shape index (κ1) is 21.9. The van der Waals surface area contributed by atoms with E-state index in [1.165, 1.54) is 28.6 Å². The summed E-state index contributed by atoms with van der Waals surface area (Å²) in [4.78, 5) is 22.6. The molecule has 0 unspecified atom stereocenters. The zero-order chi connectivity index (χ0) is 22.6. The van der Waals surface area contributed by atoms with Crippen LogP contribution in [0.2, 0.25) is 0 Å². The van der Waals surface area contributed by atoms with E-state index in [0.717, 1.165) is 18.2 Å². The van der Waals surface area contributed by atoms with Crippen molar-refractivity contribution in [2.24, 2.45) is 0 Å². The van der Waals surface area contributed by atoms with Crippen molar-refractivity contribution in [1.82, 2.24) is 0 Å². The first-order valence-electron chi connectivity index (χ1n) is 9.17. The summed E-state index contributed by atoms with van der Waals surface area (Å²) in [6, 6.07) is 16.5. The Hall–Kier alpha value is -3.79. The van der Waals surface area contributed by atoms with Crippen molar-refractivity contribution in [1.29, 1.82) is 0 Å². The average Bonchev–Trinajstić information content (AvgIpc) is 2.76. The minimum atomic E-state index is -3.97. The molecular formula is C21H18FN3O5S. The smallest absolute Gasteiger partial charge is 0.271 e. The average molecular weight is 443 g/mol. The van der Waals surface area contributed by atoms with Crippen LogP contribution in [0.1, 0.15) is 17.3 Å². The fourth-order valence-corrected chi connectivity index (χ4v) is 4.45. The van der Waals surface area contributed by atoms with Crippen molar-refractivity contribution in [3.8, 4) is 0 Å². The zero-order valence-electron chi connectivity index (χ0n) is 16.4. The molecule has 3 rings (SSSR count). The summed E-state index contributed by atoms with van der Waals surface area (Å²) in [5.41, 5.74) is -0.351. The lowest BCUT2D eigenvalue weighted by atomic mass is 10.2. The molecule has 10 heteroatoms. The summed E-state index contributed by atoms with van der Waals surface area (Å²) in [6.07, 6.45) is 0. The van der Waals surface area contributed by atoms with Gasteiger partial charge in [0.05, 0.1) is 21.2 Å². The number of carbonyl (C=O) groups is 1. The molecular weight excluding hydrogens is 425 g/mol. The number of hydrogen-bond donors (Lipinski definition) is 1. The van der Waals surface area contributed by atoms with Crippen LogP contribution in [0.5, 0.6) is 0 Å². The number of carbonyl (C=O) groups excluding carboxylic acids is 1. The first-order valence-corrected chi connectivity index (χ1v) is 10.6. The second-order valence-electron chi connectivity index (χ2n) is 6.41. The van der Waals surface area contributed by atoms with Crippen LogP contribution in [0.15, 0.2) is 77.7 Å². The van der Waals surface area contributed by atoms with Gasteiger partial charge in [0.15, 0.2) is 0 Å². The third-order valence-corrected chi connectivity index (χ3v) is 6.32. The van der Waals surface area contributed by atoms with Crippen LogP contribution in [-0.2, 0) is 10.0 Å². The van der Waals surface area contributed by atoms with Gasteiger partial charge < -0.3 is 5.32 Å². The Morgan fingerprint density at radius 2 is 1.77 bits per heavy atom. The van der Waals surface area contributed by atoms with E-state index < -0.39 is 32.4 Å². The molecule has 0 aliphatic heterocycles. The SMILES string of the molecule is CCN(c1ccccc1)S(=O)(=O)c1cccc(C(=O)Nc2cc([N+](=O)[O-])ccc2F)c1. The number of non-ortho nitro benzene ring substituents is 1. The standard InChI is InChI=1S/C21H18FN3O5S/c1-2-24(16-8-4-3-5-9-16)31(29,30)18-10-6-7-15(13-18)21(26)23-20-14-17(25(27)28)11-12-19(20)22/h3-14H,2H2,1H3,(H,23,26). The Bertz CT molecular complexity index is 1230. The Labute approximate surface area is 178 Å². The van der Waals surface area contributed by atoms with Gasteiger partial charge in [-0.05, 0) is 43.3 Å². The minimum Gasteiger partial charge on any atom is -0.319 e. The number of para-hydroxylation sites is 1. The molecule has 0 heterocycles. The van der Waals surface area contributed by atoms with Crippen molar-refractivity contribution in [2.45, 2.75) is 11.8 Å². The summed E-state index contributed by atoms with van der Waals surface area (Å²) >= 11 is 0. The molecule has 31 heavy (non-hydrogen) atoms. The molecule has 1 N–H and O–H groups in total. The van der Waals surface area contributed by atoms with Crippen molar-refractivity contribution >= 4 is 33.0 Å². The molecule has 0 bridgehead atoms. The van der Waals surface area contributed by atoms with E-state index in [1.54, 1.807) is 37.3 Å². The van der Waals surface area contributed by atoms with E-state index >= 15 is 0 Å². The van der Waals surface area contributed by atoms with Crippen LogP contribution in [-0.4, -0.2) is 25.8 Å². The lowest BCUT2D eigenvalue weighted by Crippen LogP contribution is -2.31. The highest BCUT2D eigenvalue weighted by molar-refractivity contribution is 7.92. The van der Waals surface area contributed by atoms with Gasteiger partial charge in [-0.2, -0.15) is 0 Å². The van der Waals surface area contributed by atoms with Gasteiger partial charge in [-0.25, -0.2) is 12.8 Å². The monoisotopic (exact) mass is 443 g/mol. The molecule has 0 aliphatic rings. The number of amides is 1. The lowest BCUT2D eigenvalue weighted by molar-refractivity contribution is -0.384. The molecule has 0 saturated heterocycles. The second-order valence-corrected chi connectivity index (χ2v) is 8.27. The van der Waals surface area contributed by atoms with Gasteiger partial charge in [0.25, 0.3) is 21.6 Å². The highest BCUT2D eigenvalue weighted by Gasteiger charge is 2.24. The predicted octanol–water partition coefficient (Wildman–Crippen LogP) is 4.20. The predicted molar refractivity (Wildman–Crippen MR) is 114 cm³/mol. The number of sulfonamides is 1. The zero-order valence-corrected chi connectivity index (χ0v) is 17.2. The summed E-state index contributed by atoms with van der Waals surface area (Å²) in [6.45, 7) is 1.86. The maximum absolute atomic E-state index is 14.0. The molecule has 3 aromatic carbocycles. The summed E-state index contributed by atoms with van der Waals surface area (Å²) < 4.78 is 41.4. The number of hydrogen-bond acceptors (Lipinski definition) is 5. The molecule has 8 nitrogen and oxygen atoms in total. The Balaban J connectivity index is 1.92. The molecule has 0 aliphatic carbocycles. The van der Waals surface area contributed by atoms with E-state index in [9.17, 15) is 27.7 Å². The van der Waals surface area contributed by atoms with Crippen molar-refractivity contribution in [3.63, 3.8) is 0 Å². The molecule has 0 saturated carbocycles. The number of anilines is 2. The number of nitro benzene ring substituents is 1. The third kappa shape index (κ3) is 4.69. The second kappa shape index (κ2) is 8.92. The fourth-order valence-electron chi connectivity index (χ4n) is 2.93. The number of nitrogens with zero attached hydrogens (tertiary/aromatic N) is 2. The van der Waals surface area contributed by atoms with Crippen LogP contribution in [0.3, 0.4) is 0 Å². The van der Waals surface area contributed by atoms with E-state index in [2.05, 4.69) is 5.32 Å². The van der Waals surface area contributed by atoms with Crippen LogP contribution in [0, 0.1) is 15.9 Å². The number of halogens is 1. The van der Waals surface area contributed by atoms with E-state index in [1.807, 2.05) is 0 Å². The molecule has 160 valence electrons. The number of rotatable bonds is 7. The molecule has 0 fully saturated rings. The van der Waals surface area contributed by atoms with Gasteiger partial charge in [0.2, 0.25) is 0 Å². The van der Waals surface area contributed by atoms with Gasteiger partial charge in [0, 0.05) is 24.2 Å². The summed E-state index contributed by atoms with van der Waals surface area (Å²) in [7, 11) is -3.97. The van der Waals surface area contributed by atoms with Crippen LogP contribution >= 0.6 is 0 Å². The van der Waals surface area contributed by atoms with Gasteiger partial charge in [-0.1, -0.05) is 24.3 Å². The van der Waals surface area contributed by atoms with Crippen LogP contribution < -0.4 is 9.62 Å². The minimum absolute atomic E-state index is 0.0453. The van der Waals surface area contributed by atoms with Gasteiger partial charge in [-0.3, -0.25) is 19.2 Å². The fraction of sp³-hybridized carbons (Fsp3) is 0.0952. The van der Waals surface area contributed by atoms with Crippen molar-refractivity contribution in [3.05, 3.63) is 94.3 Å². The maximum atomic E-state index is 14.0. The lowest BCUT2D eigenvalue weighted by Gasteiger charge is -2.23. The van der Waals surface area contributed by atoms with E-state index in [-0.39, 0.29) is 22.7 Å². The summed E-state index contributed by atoms with van der Waals surface area (Å²) in [5.74, 6) is -1.66. The quantitative estimate of drug-likeness (QED) is 0.435. The number of benzene rings is 3. The topological polar surface area (TPSA) is 110 Å². The number of nitrogens with one attached hydrogen (secondary N) is 1. The Kier molecular flexibility index (Phi) is 6.30. The largest absolute Gasteiger partial charge is 0.319 e. The molecule has 3 aromatic rings. The van der Waals surface area contributed by atoms with Gasteiger partial charge >= 0.3 is 0 Å². The Morgan fingerprint density at radius 1 is 1.06 bits per heavy atom. The first-order chi connectivity index (χ1) is 14.7. The van der Waals surface area contributed by atoms with Crippen LogP contribution in [0.25, 0.3) is 0 Å². The van der Waals surface area contributed by atoms with Gasteiger partial charge in [0.1, 0.15) is 5.82 Å². The third-order valence-electron chi connectivity index (χ3n) is 4.42. The summed E-state index contributed by atoms with van der Waals surface area (Å²) in [5, 5.41) is 13.1. The molecule has 0 atom stereocenters. The Morgan fingerprint density at radius 3 is 2.42 bits per heavy atom. The maximum Gasteiger partial charge on any atom is 0.271 e. The molecule has 0 aromatic heterocycles. The highest BCUT2D eigenvalue weighted by Crippen LogP contribution is 2.25. The van der Waals surface area contributed by atoms with E-state index in [4.69, 9.17) is 0 Å². The number of nitro groups is 1. The van der Waals surface area contributed by atoms with Gasteiger partial charge in [-0.15, -0.1) is 0 Å². The normalized spacial score (nSPS) is 11.0. The van der Waals surface area contributed by atoms with Crippen molar-refractivity contribution in [2.75, 3.05) is 16.2 Å². The van der Waals surface area contributed by atoms with Crippen LogP contribution in [0.4, 0.5) is 21.5 Å². The highest BCUT2D eigenvalue weighted by atomic mass is 32.2. The van der Waals surface area contributed by atoms with E-state index in [0.29, 0.717) is 5.69 Å².